The number of methoxy groups -OCH3 is 1. The first-order valence-electron chi connectivity index (χ1n) is 11.7. The number of hydrogen-bond acceptors (Lipinski definition) is 11. The molecule has 0 heterocycles. The summed E-state index contributed by atoms with van der Waals surface area (Å²) in [4.78, 5) is 52.0. The Morgan fingerprint density at radius 1 is 1.16 bits per heavy atom. The van der Waals surface area contributed by atoms with Gasteiger partial charge in [-0.25, -0.2) is 4.79 Å². The number of aromatic hydroxyl groups is 1. The van der Waals surface area contributed by atoms with E-state index in [4.69, 9.17) is 5.73 Å². The van der Waals surface area contributed by atoms with Crippen molar-refractivity contribution >= 4 is 29.5 Å². The summed E-state index contributed by atoms with van der Waals surface area (Å²) < 4.78 is 4.53. The standard InChI is InChI=1S/C26H28N2O10/c1-9-11-7-5-10(6-8-12(29)38-4)19(30)14(11)20(31)15-13(9)21(32)17-18(28(2)3)22(33)16(25(27)36)24(35)26(17,37)23(15)34/h5-9,13,17-18,21,30,32-34,37H,1-4H3,(H2,27,36)/b8-6+. The highest BCUT2D eigenvalue weighted by Crippen LogP contribution is 2.55. The smallest absolute Gasteiger partial charge is 0.330 e. The predicted octanol–water partition coefficient (Wildman–Crippen LogP) is -0.161. The number of nitrogens with zero attached hydrogens (tertiary/aromatic N) is 1. The minimum atomic E-state index is -2.98. The van der Waals surface area contributed by atoms with Crippen LogP contribution in [0.2, 0.25) is 0 Å². The molecule has 0 saturated carbocycles. The van der Waals surface area contributed by atoms with E-state index in [9.17, 15) is 44.7 Å². The van der Waals surface area contributed by atoms with Crippen molar-refractivity contribution in [1.29, 1.82) is 0 Å². The molecule has 6 unspecified atom stereocenters. The van der Waals surface area contributed by atoms with Gasteiger partial charge in [-0.1, -0.05) is 19.1 Å². The number of carbonyl (C=O) groups excluding carboxylic acids is 4. The van der Waals surface area contributed by atoms with Gasteiger partial charge < -0.3 is 36.0 Å². The third-order valence-electron chi connectivity index (χ3n) is 7.76. The van der Waals surface area contributed by atoms with Crippen LogP contribution in [0.4, 0.5) is 0 Å². The Morgan fingerprint density at radius 3 is 2.34 bits per heavy atom. The summed E-state index contributed by atoms with van der Waals surface area (Å²) >= 11 is 0. The average Bonchev–Trinajstić information content (AvgIpc) is 2.84. The Bertz CT molecular complexity index is 1370. The van der Waals surface area contributed by atoms with Crippen LogP contribution in [0.5, 0.6) is 5.75 Å². The molecule has 0 saturated heterocycles. The molecule has 7 N–H and O–H groups in total. The lowest BCUT2D eigenvalue weighted by atomic mass is 9.55. The zero-order chi connectivity index (χ0) is 28.4. The summed E-state index contributed by atoms with van der Waals surface area (Å²) in [5, 5.41) is 56.3. The minimum Gasteiger partial charge on any atom is -0.510 e. The number of aliphatic hydroxyl groups excluding tert-OH is 3. The lowest BCUT2D eigenvalue weighted by Crippen LogP contribution is -2.68. The molecule has 0 bridgehead atoms. The summed E-state index contributed by atoms with van der Waals surface area (Å²) in [6.07, 6.45) is 0.576. The predicted molar refractivity (Wildman–Crippen MR) is 131 cm³/mol. The number of rotatable bonds is 4. The van der Waals surface area contributed by atoms with Crippen molar-refractivity contribution < 1.29 is 49.4 Å². The molecule has 6 atom stereocenters. The zero-order valence-corrected chi connectivity index (χ0v) is 21.0. The number of esters is 1. The van der Waals surface area contributed by atoms with Crippen LogP contribution in [-0.2, 0) is 19.1 Å². The van der Waals surface area contributed by atoms with Crippen molar-refractivity contribution in [3.8, 4) is 5.75 Å². The second-order valence-electron chi connectivity index (χ2n) is 9.87. The third-order valence-corrected chi connectivity index (χ3v) is 7.76. The minimum absolute atomic E-state index is 0.0754. The van der Waals surface area contributed by atoms with E-state index in [1.54, 1.807) is 6.92 Å². The van der Waals surface area contributed by atoms with Crippen molar-refractivity contribution in [2.24, 2.45) is 17.6 Å². The van der Waals surface area contributed by atoms with E-state index in [-0.39, 0.29) is 11.1 Å². The highest BCUT2D eigenvalue weighted by atomic mass is 16.5. The van der Waals surface area contributed by atoms with Gasteiger partial charge in [-0.15, -0.1) is 0 Å². The number of primary amides is 1. The van der Waals surface area contributed by atoms with E-state index in [0.717, 1.165) is 6.08 Å². The van der Waals surface area contributed by atoms with E-state index in [2.05, 4.69) is 4.74 Å². The van der Waals surface area contributed by atoms with Crippen LogP contribution >= 0.6 is 0 Å². The van der Waals surface area contributed by atoms with E-state index in [0.29, 0.717) is 5.56 Å². The first-order chi connectivity index (χ1) is 17.7. The van der Waals surface area contributed by atoms with Crippen LogP contribution < -0.4 is 5.73 Å². The number of carbonyl (C=O) groups is 4. The van der Waals surface area contributed by atoms with Crippen LogP contribution in [0.25, 0.3) is 6.08 Å². The zero-order valence-electron chi connectivity index (χ0n) is 21.0. The lowest BCUT2D eigenvalue weighted by molar-refractivity contribution is -0.162. The molecule has 0 aromatic heterocycles. The summed E-state index contributed by atoms with van der Waals surface area (Å²) in [7, 11) is 4.09. The maximum absolute atomic E-state index is 13.7. The van der Waals surface area contributed by atoms with Gasteiger partial charge in [-0.3, -0.25) is 19.3 Å². The number of hydrogen-bond donors (Lipinski definition) is 6. The molecule has 12 heteroatoms. The first-order valence-corrected chi connectivity index (χ1v) is 11.7. The van der Waals surface area contributed by atoms with E-state index < -0.39 is 87.4 Å². The van der Waals surface area contributed by atoms with Gasteiger partial charge in [-0.05, 0) is 31.7 Å². The van der Waals surface area contributed by atoms with Crippen molar-refractivity contribution in [1.82, 2.24) is 4.90 Å². The maximum Gasteiger partial charge on any atom is 0.330 e. The highest BCUT2D eigenvalue weighted by molar-refractivity contribution is 6.25. The molecule has 0 aliphatic heterocycles. The van der Waals surface area contributed by atoms with E-state index in [1.165, 1.54) is 44.3 Å². The molecule has 1 amide bonds. The third kappa shape index (κ3) is 3.48. The van der Waals surface area contributed by atoms with Crippen molar-refractivity contribution in [2.45, 2.75) is 30.6 Å². The number of phenolic OH excluding ortho intramolecular Hbond substituents is 1. The quantitative estimate of drug-likeness (QED) is 0.172. The molecule has 1 aromatic rings. The van der Waals surface area contributed by atoms with Gasteiger partial charge in [-0.2, -0.15) is 0 Å². The average molecular weight is 529 g/mol. The Hall–Kier alpha value is -4.00. The molecule has 0 fully saturated rings. The molecular weight excluding hydrogens is 500 g/mol. The number of ketones is 2. The number of nitrogens with two attached hydrogens (primary N) is 1. The van der Waals surface area contributed by atoms with Gasteiger partial charge in [0.25, 0.3) is 5.91 Å². The number of phenols is 1. The number of amides is 1. The van der Waals surface area contributed by atoms with Gasteiger partial charge in [0.05, 0.1) is 30.7 Å². The molecule has 0 radical (unpaired) electrons. The summed E-state index contributed by atoms with van der Waals surface area (Å²) in [5.74, 6) is -10.4. The van der Waals surface area contributed by atoms with Crippen LogP contribution in [-0.4, -0.2) is 92.8 Å². The van der Waals surface area contributed by atoms with Gasteiger partial charge in [0, 0.05) is 23.1 Å². The normalized spacial score (nSPS) is 30.9. The molecule has 4 rings (SSSR count). The SMILES string of the molecule is COC(=O)/C=C/c1ccc2c(c1O)C(=O)C1=C(O)C3(O)C(=O)C(C(N)=O)=C(O)C(N(C)C)C3C(O)C1C2C. The van der Waals surface area contributed by atoms with Gasteiger partial charge in [0.15, 0.2) is 11.4 Å². The topological polar surface area (TPSA) is 208 Å². The van der Waals surface area contributed by atoms with Crippen LogP contribution in [0.3, 0.4) is 0 Å². The number of fused-ring (bicyclic) bond motifs is 3. The van der Waals surface area contributed by atoms with Crippen LogP contribution in [0, 0.1) is 11.8 Å². The van der Waals surface area contributed by atoms with Crippen molar-refractivity contribution in [3.05, 3.63) is 57.6 Å². The summed E-state index contributed by atoms with van der Waals surface area (Å²) in [6.45, 7) is 1.63. The fourth-order valence-electron chi connectivity index (χ4n) is 6.00. The largest absolute Gasteiger partial charge is 0.510 e. The second-order valence-corrected chi connectivity index (χ2v) is 9.87. The highest BCUT2D eigenvalue weighted by Gasteiger charge is 2.67. The summed E-state index contributed by atoms with van der Waals surface area (Å²) in [5.41, 5.74) is 0.979. The maximum atomic E-state index is 13.7. The number of likely N-dealkylation sites (N-methyl/N-ethyl adjacent to an activating group) is 1. The molecule has 202 valence electrons. The molecule has 1 aromatic carbocycles. The molecule has 0 spiro atoms. The van der Waals surface area contributed by atoms with Gasteiger partial charge in [0.2, 0.25) is 5.78 Å². The van der Waals surface area contributed by atoms with Crippen LogP contribution in [0.1, 0.15) is 34.3 Å². The molecule has 3 aliphatic carbocycles. The number of Topliss-reactive ketones (excluding diaryl/α,β-unsaturated/α-hetero) is 2. The van der Waals surface area contributed by atoms with Crippen LogP contribution in [0.15, 0.2) is 40.9 Å². The number of aliphatic hydroxyl groups is 4. The Labute approximate surface area is 216 Å². The molecule has 38 heavy (non-hydrogen) atoms. The molecular formula is C26H28N2O10. The summed E-state index contributed by atoms with van der Waals surface area (Å²) in [6, 6.07) is 1.65. The number of benzene rings is 1. The Morgan fingerprint density at radius 2 is 1.79 bits per heavy atom. The molecule has 12 nitrogen and oxygen atoms in total. The lowest BCUT2D eigenvalue weighted by Gasteiger charge is -2.53. The number of ether oxygens (including phenoxy) is 1. The van der Waals surface area contributed by atoms with E-state index in [1.807, 2.05) is 0 Å². The van der Waals surface area contributed by atoms with E-state index >= 15 is 0 Å². The fourth-order valence-corrected chi connectivity index (χ4v) is 6.00. The van der Waals surface area contributed by atoms with Crippen molar-refractivity contribution in [2.75, 3.05) is 21.2 Å². The van der Waals surface area contributed by atoms with Crippen molar-refractivity contribution in [3.63, 3.8) is 0 Å². The first kappa shape index (κ1) is 27.0. The fraction of sp³-hybridized carbons (Fsp3) is 0.385. The monoisotopic (exact) mass is 528 g/mol. The second kappa shape index (κ2) is 9.08. The van der Waals surface area contributed by atoms with Gasteiger partial charge in [0.1, 0.15) is 22.8 Å². The van der Waals surface area contributed by atoms with Gasteiger partial charge >= 0.3 is 5.97 Å². The Kier molecular flexibility index (Phi) is 6.46. The Balaban J connectivity index is 1.98. The molecule has 3 aliphatic rings.